The number of hydrogen-bond donors (Lipinski definition) is 2. The Bertz CT molecular complexity index is 3310. The van der Waals surface area contributed by atoms with Crippen molar-refractivity contribution in [1.29, 1.82) is 0 Å². The molecule has 0 saturated heterocycles. The average molecular weight is 869 g/mol. The second-order valence-electron chi connectivity index (χ2n) is 11.5. The number of halogens is 3. The van der Waals surface area contributed by atoms with Gasteiger partial charge in [0.15, 0.2) is 23.3 Å². The first-order chi connectivity index (χ1) is 24.7. The second-order valence-corrected chi connectivity index (χ2v) is 19.1. The van der Waals surface area contributed by atoms with Crippen molar-refractivity contribution in [2.45, 2.75) is 14.7 Å². The molecule has 21 heteroatoms. The zero-order valence-electron chi connectivity index (χ0n) is 25.8. The van der Waals surface area contributed by atoms with Gasteiger partial charge in [-0.15, -0.1) is 0 Å². The molecule has 266 valence electrons. The smallest absolute Gasteiger partial charge is 0.324 e. The number of aromatic nitrogens is 8. The Kier molecular flexibility index (Phi) is 8.20. The van der Waals surface area contributed by atoms with Gasteiger partial charge in [-0.3, -0.25) is 0 Å². The van der Waals surface area contributed by atoms with Gasteiger partial charge < -0.3 is 9.97 Å². The number of benzene rings is 4. The van der Waals surface area contributed by atoms with E-state index in [4.69, 9.17) is 52.0 Å². The quantitative estimate of drug-likeness (QED) is 0.141. The molecule has 0 spiro atoms. The molecule has 8 bridgehead atoms. The molecule has 5 heterocycles. The molecular weight excluding hydrogens is 854 g/mol. The fraction of sp³-hybridized carbons (Fsp3) is 0. The van der Waals surface area contributed by atoms with E-state index in [2.05, 4.69) is 19.9 Å². The van der Waals surface area contributed by atoms with E-state index < -0.39 is 47.2 Å². The van der Waals surface area contributed by atoms with Gasteiger partial charge in [-0.2, -0.15) is 0 Å². The SMILES string of the molecule is O=S(=O)(Cl)c1cc2c3nc4nc(nc5[nH]c(nc6nc(nc([nH]3)c2c(S(=O)(=O)Cl)c1S(=O)(=O)Cl)-c1ccccc1-6)c1ccccc51)-c1ccccc1-4.[Ni+2]. The van der Waals surface area contributed by atoms with Gasteiger partial charge in [-0.25, -0.2) is 55.2 Å². The predicted octanol–water partition coefficient (Wildman–Crippen LogP) is 6.65. The number of hydrogen-bond acceptors (Lipinski definition) is 12. The number of nitrogens with one attached hydrogen (secondary N) is 2. The van der Waals surface area contributed by atoms with Crippen LogP contribution in [0, 0.1) is 0 Å². The monoisotopic (exact) mass is 866 g/mol. The van der Waals surface area contributed by atoms with Gasteiger partial charge in [0.25, 0.3) is 27.2 Å². The number of fused-ring (bicyclic) bond motifs is 20. The van der Waals surface area contributed by atoms with Crippen LogP contribution in [0.1, 0.15) is 0 Å². The number of rotatable bonds is 3. The van der Waals surface area contributed by atoms with E-state index in [-0.39, 0.29) is 56.5 Å². The van der Waals surface area contributed by atoms with Gasteiger partial charge in [0.2, 0.25) is 0 Å². The third kappa shape index (κ3) is 5.76. The van der Waals surface area contributed by atoms with Crippen molar-refractivity contribution >= 4 is 103 Å². The van der Waals surface area contributed by atoms with Crippen LogP contribution in [0.25, 0.3) is 89.7 Å². The summed E-state index contributed by atoms with van der Waals surface area (Å²) in [6, 6.07) is 22.4. The molecule has 53 heavy (non-hydrogen) atoms. The van der Waals surface area contributed by atoms with Gasteiger partial charge in [-0.05, 0) is 6.07 Å². The molecule has 7 aromatic rings. The molecule has 0 amide bonds. The number of H-pyrrole nitrogens is 2. The summed E-state index contributed by atoms with van der Waals surface area (Å²) in [5, 5.41) is 0.809. The van der Waals surface area contributed by atoms with Crippen LogP contribution in [0.4, 0.5) is 0 Å². The van der Waals surface area contributed by atoms with Crippen molar-refractivity contribution in [2.24, 2.45) is 0 Å². The van der Waals surface area contributed by atoms with Gasteiger partial charge in [0.05, 0.1) is 0 Å². The number of aromatic amines is 2. The van der Waals surface area contributed by atoms with Gasteiger partial charge in [0, 0.05) is 75.8 Å². The van der Waals surface area contributed by atoms with Crippen molar-refractivity contribution in [1.82, 2.24) is 39.9 Å². The van der Waals surface area contributed by atoms with E-state index in [0.717, 1.165) is 16.8 Å². The summed E-state index contributed by atoms with van der Waals surface area (Å²) in [4.78, 5) is 31.0. The fourth-order valence-corrected chi connectivity index (χ4v) is 11.6. The summed E-state index contributed by atoms with van der Waals surface area (Å²) < 4.78 is 78.3. The van der Waals surface area contributed by atoms with Crippen molar-refractivity contribution < 1.29 is 41.7 Å². The summed E-state index contributed by atoms with van der Waals surface area (Å²) in [6.45, 7) is 0. The minimum absolute atomic E-state index is 0. The summed E-state index contributed by atoms with van der Waals surface area (Å²) in [6.07, 6.45) is 0. The summed E-state index contributed by atoms with van der Waals surface area (Å²) >= 11 is 0. The average Bonchev–Trinajstić information content (AvgIpc) is 3.82. The molecule has 2 aliphatic heterocycles. The summed E-state index contributed by atoms with van der Waals surface area (Å²) in [5.41, 5.74) is 2.59. The van der Waals surface area contributed by atoms with E-state index in [1.165, 1.54) is 0 Å². The first-order valence-corrected chi connectivity index (χ1v) is 21.7. The first kappa shape index (κ1) is 35.5. The molecule has 0 atom stereocenters. The fourth-order valence-electron chi connectivity index (χ4n) is 6.37. The third-order valence-corrected chi connectivity index (χ3v) is 12.8. The zero-order valence-corrected chi connectivity index (χ0v) is 31.5. The van der Waals surface area contributed by atoms with Crippen molar-refractivity contribution in [3.8, 4) is 45.6 Å². The van der Waals surface area contributed by atoms with Crippen molar-refractivity contribution in [2.75, 3.05) is 0 Å². The zero-order chi connectivity index (χ0) is 36.3. The molecule has 2 aliphatic rings. The van der Waals surface area contributed by atoms with Crippen LogP contribution in [0.15, 0.2) is 93.5 Å². The Balaban J connectivity index is 0.00000400. The molecule has 0 aliphatic carbocycles. The van der Waals surface area contributed by atoms with E-state index in [1.807, 2.05) is 24.3 Å². The van der Waals surface area contributed by atoms with E-state index in [1.54, 1.807) is 48.5 Å². The maximum Gasteiger partial charge on any atom is 2.00 e. The minimum atomic E-state index is -5.16. The van der Waals surface area contributed by atoms with Crippen molar-refractivity contribution in [3.63, 3.8) is 0 Å². The summed E-state index contributed by atoms with van der Waals surface area (Å²) in [5.74, 6) is 0.641. The second kappa shape index (κ2) is 12.2. The normalized spacial score (nSPS) is 12.7. The molecule has 14 nitrogen and oxygen atoms in total. The molecule has 3 aromatic heterocycles. The molecular formula is C32H15Cl3N8NiO6S3+2. The Hall–Kier alpha value is -4.55. The van der Waals surface area contributed by atoms with Crippen LogP contribution in [0.2, 0.25) is 0 Å². The van der Waals surface area contributed by atoms with E-state index in [9.17, 15) is 25.3 Å². The number of nitrogens with zero attached hydrogens (tertiary/aromatic N) is 6. The van der Waals surface area contributed by atoms with Gasteiger partial charge in [-0.1, -0.05) is 72.8 Å². The Morgan fingerprint density at radius 3 is 1.19 bits per heavy atom. The molecule has 0 saturated carbocycles. The van der Waals surface area contributed by atoms with Crippen LogP contribution in [-0.2, 0) is 43.6 Å². The maximum atomic E-state index is 13.3. The van der Waals surface area contributed by atoms with E-state index >= 15 is 0 Å². The Morgan fingerprint density at radius 2 is 0.792 bits per heavy atom. The van der Waals surface area contributed by atoms with Crippen LogP contribution in [-0.4, -0.2) is 65.1 Å². The molecule has 0 fully saturated rings. The molecule has 0 radical (unpaired) electrons. The summed E-state index contributed by atoms with van der Waals surface area (Å²) in [7, 11) is 2.04. The van der Waals surface area contributed by atoms with Crippen molar-refractivity contribution in [3.05, 3.63) is 78.9 Å². The Morgan fingerprint density at radius 1 is 0.434 bits per heavy atom. The van der Waals surface area contributed by atoms with E-state index in [0.29, 0.717) is 33.5 Å². The van der Waals surface area contributed by atoms with Crippen LogP contribution in [0.5, 0.6) is 0 Å². The molecule has 2 N–H and O–H groups in total. The first-order valence-electron chi connectivity index (χ1n) is 14.8. The molecule has 4 aromatic carbocycles. The van der Waals surface area contributed by atoms with Gasteiger partial charge in [0.1, 0.15) is 37.3 Å². The topological polar surface area (TPSA) is 211 Å². The van der Waals surface area contributed by atoms with Crippen LogP contribution in [0.3, 0.4) is 0 Å². The Labute approximate surface area is 321 Å². The van der Waals surface area contributed by atoms with Crippen LogP contribution >= 0.6 is 32.0 Å². The standard InChI is InChI=1S/C32H15Cl3N8O6S3.Ni/c33-50(44,45)21-13-20-22(24(52(35,48)49)23(21)51(34,46)47)32-42-30-19-12-6-5-11-18(19)28(40-30)38-26-15-8-2-1-7-14(15)25(36-26)37-27-16-9-3-4-10-17(16)29(39-27)41-31(20)43-32;/h1-13H,(H2,36,37,38,39,40,41,42,43);/q;+2. The minimum Gasteiger partial charge on any atom is -0.324 e. The predicted molar refractivity (Wildman–Crippen MR) is 195 cm³/mol. The van der Waals surface area contributed by atoms with Gasteiger partial charge >= 0.3 is 16.5 Å². The molecule has 9 rings (SSSR count). The maximum absolute atomic E-state index is 13.3. The largest absolute Gasteiger partial charge is 2.00 e. The molecule has 0 unspecified atom stereocenters. The van der Waals surface area contributed by atoms with Crippen LogP contribution < -0.4 is 0 Å². The third-order valence-electron chi connectivity index (χ3n) is 8.47.